The Hall–Kier alpha value is -2.84. The molecule has 0 radical (unpaired) electrons. The van der Waals surface area contributed by atoms with E-state index in [1.807, 2.05) is 35.7 Å². The lowest BCUT2D eigenvalue weighted by Crippen LogP contribution is -2.32. The Morgan fingerprint density at radius 2 is 2.13 bits per heavy atom. The predicted octanol–water partition coefficient (Wildman–Crippen LogP) is 3.36. The fraction of sp³-hybridized carbons (Fsp3) is 0.364. The summed E-state index contributed by atoms with van der Waals surface area (Å²) in [5, 5.41) is 6.17. The number of hydrogen-bond donors (Lipinski definition) is 0. The Morgan fingerprint density at radius 3 is 3.03 bits per heavy atom. The van der Waals surface area contributed by atoms with E-state index in [4.69, 9.17) is 9.51 Å². The summed E-state index contributed by atoms with van der Waals surface area (Å²) in [6.45, 7) is 2.50. The molecule has 1 aliphatic heterocycles. The minimum atomic E-state index is -0.0951. The Kier molecular flexibility index (Phi) is 4.10. The second-order valence-electron chi connectivity index (χ2n) is 8.35. The summed E-state index contributed by atoms with van der Waals surface area (Å²) in [5.41, 5.74) is 1.69. The number of thiazole rings is 1. The summed E-state index contributed by atoms with van der Waals surface area (Å²) in [6, 6.07) is 11.6. The van der Waals surface area contributed by atoms with E-state index >= 15 is 0 Å². The molecule has 4 heterocycles. The molecule has 2 fully saturated rings. The van der Waals surface area contributed by atoms with Crippen molar-refractivity contribution < 1.29 is 4.52 Å². The maximum Gasteiger partial charge on any atom is 0.258 e. The van der Waals surface area contributed by atoms with E-state index in [1.165, 1.54) is 24.2 Å². The monoisotopic (exact) mass is 419 g/mol. The zero-order valence-corrected chi connectivity index (χ0v) is 17.2. The van der Waals surface area contributed by atoms with Crippen LogP contribution in [0.5, 0.6) is 0 Å². The minimum absolute atomic E-state index is 0.0187. The lowest BCUT2D eigenvalue weighted by Gasteiger charge is -2.24. The van der Waals surface area contributed by atoms with Gasteiger partial charge in [0.2, 0.25) is 11.7 Å². The highest BCUT2D eigenvalue weighted by molar-refractivity contribution is 7.15. The topological polar surface area (TPSA) is 76.5 Å². The first-order valence-electron chi connectivity index (χ1n) is 10.3. The van der Waals surface area contributed by atoms with Gasteiger partial charge in [-0.15, -0.1) is 11.3 Å². The number of hydrogen-bond acceptors (Lipinski definition) is 7. The maximum atomic E-state index is 12.3. The molecule has 1 aromatic carbocycles. The molecular formula is C22H21N5O2S. The zero-order chi connectivity index (χ0) is 20.1. The molecule has 2 aliphatic rings. The molecule has 0 N–H and O–H groups in total. The van der Waals surface area contributed by atoms with Crippen LogP contribution in [0.25, 0.3) is 16.3 Å². The van der Waals surface area contributed by atoms with Crippen LogP contribution in [0.3, 0.4) is 0 Å². The van der Waals surface area contributed by atoms with Crippen LogP contribution >= 0.6 is 11.3 Å². The van der Waals surface area contributed by atoms with Gasteiger partial charge < -0.3 is 4.52 Å². The van der Waals surface area contributed by atoms with E-state index in [1.54, 1.807) is 16.7 Å². The third-order valence-electron chi connectivity index (χ3n) is 6.57. The van der Waals surface area contributed by atoms with Crippen molar-refractivity contribution in [2.75, 3.05) is 13.1 Å². The Labute approximate surface area is 177 Å². The first kappa shape index (κ1) is 18.0. The van der Waals surface area contributed by atoms with Crippen molar-refractivity contribution in [3.8, 4) is 11.4 Å². The average molecular weight is 420 g/mol. The minimum Gasteiger partial charge on any atom is -0.338 e. The number of aromatic nitrogens is 4. The molecule has 0 spiro atoms. The Bertz CT molecular complexity index is 1260. The van der Waals surface area contributed by atoms with E-state index in [2.05, 4.69) is 15.0 Å². The van der Waals surface area contributed by atoms with Gasteiger partial charge in [0, 0.05) is 42.8 Å². The van der Waals surface area contributed by atoms with Crippen LogP contribution in [-0.2, 0) is 12.0 Å². The van der Waals surface area contributed by atoms with Gasteiger partial charge >= 0.3 is 0 Å². The second-order valence-corrected chi connectivity index (χ2v) is 9.22. The lowest BCUT2D eigenvalue weighted by molar-refractivity contribution is 0.244. The highest BCUT2D eigenvalue weighted by Crippen LogP contribution is 2.50. The molecule has 0 bridgehead atoms. The van der Waals surface area contributed by atoms with Gasteiger partial charge in [0.25, 0.3) is 5.56 Å². The van der Waals surface area contributed by atoms with E-state index in [-0.39, 0.29) is 11.0 Å². The van der Waals surface area contributed by atoms with Gasteiger partial charge in [-0.05, 0) is 18.8 Å². The molecular weight excluding hydrogens is 398 g/mol. The molecule has 1 saturated heterocycles. The average Bonchev–Trinajstić information content (AvgIpc) is 3.51. The Balaban J connectivity index is 1.28. The van der Waals surface area contributed by atoms with Crippen molar-refractivity contribution in [2.24, 2.45) is 5.92 Å². The van der Waals surface area contributed by atoms with E-state index in [0.29, 0.717) is 18.3 Å². The van der Waals surface area contributed by atoms with Crippen molar-refractivity contribution in [1.82, 2.24) is 24.4 Å². The second kappa shape index (κ2) is 6.85. The highest BCUT2D eigenvalue weighted by Gasteiger charge is 2.54. The summed E-state index contributed by atoms with van der Waals surface area (Å²) in [4.78, 5) is 25.0. The molecule has 152 valence electrons. The van der Waals surface area contributed by atoms with Crippen molar-refractivity contribution in [3.63, 3.8) is 0 Å². The van der Waals surface area contributed by atoms with Gasteiger partial charge in [-0.25, -0.2) is 4.98 Å². The van der Waals surface area contributed by atoms with Crippen molar-refractivity contribution in [1.29, 1.82) is 0 Å². The standard InChI is InChI=1S/C22H21N5O2S/c28-18-11-17(23-21-27(18)9-10-30-21)13-26-12-16-7-4-8-22(16,14-26)20-24-19(25-29-20)15-5-2-1-3-6-15/h1-3,5-6,9-11,16H,4,7-8,12-14H2/t16-,22-/m1/s1. The molecule has 1 saturated carbocycles. The third kappa shape index (κ3) is 2.82. The molecule has 2 atom stereocenters. The van der Waals surface area contributed by atoms with Gasteiger partial charge in [0.15, 0.2) is 4.96 Å². The van der Waals surface area contributed by atoms with Crippen LogP contribution in [0.4, 0.5) is 0 Å². The summed E-state index contributed by atoms with van der Waals surface area (Å²) in [7, 11) is 0. The maximum absolute atomic E-state index is 12.3. The summed E-state index contributed by atoms with van der Waals surface area (Å²) in [6.07, 6.45) is 5.18. The van der Waals surface area contributed by atoms with Gasteiger partial charge in [-0.2, -0.15) is 4.98 Å². The van der Waals surface area contributed by atoms with Gasteiger partial charge in [-0.1, -0.05) is 41.9 Å². The van der Waals surface area contributed by atoms with Crippen molar-refractivity contribution in [2.45, 2.75) is 31.2 Å². The molecule has 0 amide bonds. The lowest BCUT2D eigenvalue weighted by atomic mass is 9.80. The van der Waals surface area contributed by atoms with Gasteiger partial charge in [0.05, 0.1) is 11.1 Å². The smallest absolute Gasteiger partial charge is 0.258 e. The van der Waals surface area contributed by atoms with E-state index in [0.717, 1.165) is 41.6 Å². The van der Waals surface area contributed by atoms with E-state index < -0.39 is 0 Å². The molecule has 8 heteroatoms. The first-order valence-corrected chi connectivity index (χ1v) is 11.2. The molecule has 3 aromatic heterocycles. The zero-order valence-electron chi connectivity index (χ0n) is 16.4. The SMILES string of the molecule is O=c1cc(CN2C[C@H]3CCC[C@@]3(c3nc(-c4ccccc4)no3)C2)nc2sccn12. The van der Waals surface area contributed by atoms with Crippen LogP contribution in [-0.4, -0.2) is 37.5 Å². The van der Waals surface area contributed by atoms with E-state index in [9.17, 15) is 4.79 Å². The summed E-state index contributed by atoms with van der Waals surface area (Å²) in [5.74, 6) is 1.91. The molecule has 30 heavy (non-hydrogen) atoms. The van der Waals surface area contributed by atoms with Crippen molar-refractivity contribution in [3.05, 3.63) is 69.9 Å². The number of nitrogens with zero attached hydrogens (tertiary/aromatic N) is 5. The number of benzene rings is 1. The fourth-order valence-corrected chi connectivity index (χ4v) is 5.93. The van der Waals surface area contributed by atoms with Crippen LogP contribution in [0.2, 0.25) is 0 Å². The van der Waals surface area contributed by atoms with Crippen LogP contribution in [0.15, 0.2) is 57.3 Å². The summed E-state index contributed by atoms with van der Waals surface area (Å²) >= 11 is 1.49. The van der Waals surface area contributed by atoms with Crippen LogP contribution in [0, 0.1) is 5.92 Å². The Morgan fingerprint density at radius 1 is 1.23 bits per heavy atom. The molecule has 1 aliphatic carbocycles. The van der Waals surface area contributed by atoms with Gasteiger partial charge in [-0.3, -0.25) is 14.1 Å². The largest absolute Gasteiger partial charge is 0.338 e. The third-order valence-corrected chi connectivity index (χ3v) is 7.32. The molecule has 7 nitrogen and oxygen atoms in total. The molecule has 0 unspecified atom stereocenters. The highest BCUT2D eigenvalue weighted by atomic mass is 32.1. The quantitative estimate of drug-likeness (QED) is 0.505. The number of fused-ring (bicyclic) bond motifs is 2. The molecule has 6 rings (SSSR count). The number of likely N-dealkylation sites (tertiary alicyclic amines) is 1. The number of rotatable bonds is 4. The van der Waals surface area contributed by atoms with Crippen LogP contribution in [0.1, 0.15) is 30.8 Å². The predicted molar refractivity (Wildman–Crippen MR) is 113 cm³/mol. The van der Waals surface area contributed by atoms with Crippen molar-refractivity contribution >= 4 is 16.3 Å². The van der Waals surface area contributed by atoms with Gasteiger partial charge in [0.1, 0.15) is 0 Å². The fourth-order valence-electron chi connectivity index (χ4n) is 5.19. The van der Waals surface area contributed by atoms with Crippen LogP contribution < -0.4 is 5.56 Å². The molecule has 4 aromatic rings. The normalized spacial score (nSPS) is 23.9. The summed E-state index contributed by atoms with van der Waals surface area (Å²) < 4.78 is 7.41. The first-order chi connectivity index (χ1) is 14.7.